The van der Waals surface area contributed by atoms with Gasteiger partial charge in [-0.3, -0.25) is 14.4 Å². The van der Waals surface area contributed by atoms with Gasteiger partial charge in [-0.05, 0) is 45.7 Å². The molecule has 0 heterocycles. The van der Waals surface area contributed by atoms with Gasteiger partial charge in [0.2, 0.25) is 11.8 Å². The molecule has 10 heteroatoms. The Balaban J connectivity index is 2.51. The van der Waals surface area contributed by atoms with E-state index in [2.05, 4.69) is 17.2 Å². The predicted octanol–water partition coefficient (Wildman–Crippen LogP) is 3.96. The van der Waals surface area contributed by atoms with Gasteiger partial charge < -0.3 is 30.1 Å². The van der Waals surface area contributed by atoms with Gasteiger partial charge in [0.05, 0.1) is 13.0 Å². The summed E-state index contributed by atoms with van der Waals surface area (Å²) in [5, 5.41) is 16.3. The number of phenols is 1. The van der Waals surface area contributed by atoms with Crippen LogP contribution in [0.5, 0.6) is 5.75 Å². The molecular weight excluding hydrogens is 526 g/mol. The van der Waals surface area contributed by atoms with Gasteiger partial charge >= 0.3 is 12.1 Å². The van der Waals surface area contributed by atoms with Crippen molar-refractivity contribution in [1.82, 2.24) is 15.5 Å². The number of hydrogen-bond acceptors (Lipinski definition) is 7. The third-order valence-electron chi connectivity index (χ3n) is 5.94. The van der Waals surface area contributed by atoms with Crippen LogP contribution in [0.15, 0.2) is 61.2 Å². The summed E-state index contributed by atoms with van der Waals surface area (Å²) in [7, 11) is 0. The fourth-order valence-corrected chi connectivity index (χ4v) is 4.13. The number of para-hydroxylation sites is 1. The highest BCUT2D eigenvalue weighted by atomic mass is 16.6. The Morgan fingerprint density at radius 1 is 1.07 bits per heavy atom. The molecule has 0 spiro atoms. The zero-order valence-electron chi connectivity index (χ0n) is 24.4. The highest BCUT2D eigenvalue weighted by Gasteiger charge is 2.37. The lowest BCUT2D eigenvalue weighted by Gasteiger charge is -2.34. The molecule has 0 aliphatic heterocycles. The number of esters is 1. The van der Waals surface area contributed by atoms with E-state index < -0.39 is 41.6 Å². The number of nitrogens with one attached hydrogen (secondary N) is 2. The highest BCUT2D eigenvalue weighted by Crippen LogP contribution is 2.32. The molecule has 0 saturated carbocycles. The number of phenolic OH excluding ortho intramolecular Hbond substituents is 1. The fourth-order valence-electron chi connectivity index (χ4n) is 4.13. The van der Waals surface area contributed by atoms with Crippen molar-refractivity contribution in [3.05, 3.63) is 77.9 Å². The second-order valence-corrected chi connectivity index (χ2v) is 10.4. The van der Waals surface area contributed by atoms with Gasteiger partial charge in [0.15, 0.2) is 0 Å². The van der Waals surface area contributed by atoms with Crippen molar-refractivity contribution in [2.45, 2.75) is 65.1 Å². The molecule has 0 fully saturated rings. The molecule has 2 unspecified atom stereocenters. The zero-order chi connectivity index (χ0) is 30.6. The molecule has 222 valence electrons. The van der Waals surface area contributed by atoms with Crippen LogP contribution in [0.2, 0.25) is 0 Å². The topological polar surface area (TPSA) is 134 Å². The number of ether oxygens (including phenoxy) is 2. The summed E-state index contributed by atoms with van der Waals surface area (Å²) in [5.41, 5.74) is 0.657. The molecule has 0 saturated heterocycles. The van der Waals surface area contributed by atoms with Gasteiger partial charge in [-0.25, -0.2) is 4.79 Å². The van der Waals surface area contributed by atoms with E-state index in [-0.39, 0.29) is 43.9 Å². The number of rotatable bonds is 13. The highest BCUT2D eigenvalue weighted by molar-refractivity contribution is 5.93. The van der Waals surface area contributed by atoms with E-state index >= 15 is 0 Å². The van der Waals surface area contributed by atoms with Crippen molar-refractivity contribution in [3.8, 4) is 5.75 Å². The van der Waals surface area contributed by atoms with Crippen molar-refractivity contribution in [2.24, 2.45) is 0 Å². The predicted molar refractivity (Wildman–Crippen MR) is 155 cm³/mol. The van der Waals surface area contributed by atoms with Crippen LogP contribution in [0.1, 0.15) is 56.8 Å². The average Bonchev–Trinajstić information content (AvgIpc) is 2.89. The first kappa shape index (κ1) is 32.9. The molecule has 10 nitrogen and oxygen atoms in total. The molecular formula is C31H41N3O7. The Kier molecular flexibility index (Phi) is 12.4. The van der Waals surface area contributed by atoms with Gasteiger partial charge in [0.25, 0.3) is 0 Å². The van der Waals surface area contributed by atoms with Crippen molar-refractivity contribution in [2.75, 3.05) is 19.7 Å². The number of nitrogens with zero attached hydrogens (tertiary/aromatic N) is 1. The Bertz CT molecular complexity index is 1210. The van der Waals surface area contributed by atoms with Crippen LogP contribution in [0.25, 0.3) is 0 Å². The molecule has 3 N–H and O–H groups in total. The summed E-state index contributed by atoms with van der Waals surface area (Å²) in [6, 6.07) is 11.6. The molecule has 41 heavy (non-hydrogen) atoms. The van der Waals surface area contributed by atoms with Crippen LogP contribution in [-0.4, -0.2) is 65.2 Å². The SMILES string of the molecule is C=CCN(C(=O)C(Cc1ccccc1)NC(=O)OC(C)(C)C)C(C(=O)NCCC(=O)OCC)c1cccc(C)c1O. The summed E-state index contributed by atoms with van der Waals surface area (Å²) in [4.78, 5) is 53.7. The summed E-state index contributed by atoms with van der Waals surface area (Å²) in [5.74, 6) is -1.85. The first-order chi connectivity index (χ1) is 19.4. The van der Waals surface area contributed by atoms with Gasteiger partial charge in [-0.15, -0.1) is 6.58 Å². The molecule has 3 amide bonds. The fraction of sp³-hybridized carbons (Fsp3) is 0.419. The van der Waals surface area contributed by atoms with Crippen LogP contribution in [0.4, 0.5) is 4.79 Å². The van der Waals surface area contributed by atoms with E-state index in [1.54, 1.807) is 52.8 Å². The maximum absolute atomic E-state index is 14.2. The minimum atomic E-state index is -1.30. The zero-order valence-corrected chi connectivity index (χ0v) is 24.4. The lowest BCUT2D eigenvalue weighted by Crippen LogP contribution is -2.54. The van der Waals surface area contributed by atoms with Crippen molar-refractivity contribution >= 4 is 23.9 Å². The number of carbonyl (C=O) groups excluding carboxylic acids is 4. The second-order valence-electron chi connectivity index (χ2n) is 10.4. The van der Waals surface area contributed by atoms with Crippen molar-refractivity contribution in [1.29, 1.82) is 0 Å². The van der Waals surface area contributed by atoms with E-state index in [1.165, 1.54) is 11.0 Å². The van der Waals surface area contributed by atoms with E-state index in [0.717, 1.165) is 5.56 Å². The van der Waals surface area contributed by atoms with E-state index in [1.807, 2.05) is 30.3 Å². The van der Waals surface area contributed by atoms with Gasteiger partial charge in [0.1, 0.15) is 23.4 Å². The standard InChI is InChI=1S/C31H41N3O7/c1-7-19-34(29(38)24(20-22-14-10-9-11-15-22)33-30(39)41-31(4,5)6)26(23-16-12-13-21(3)27(23)36)28(37)32-18-17-25(35)40-8-2/h7,9-16,24,26,36H,1,8,17-20H2,2-6H3,(H,32,37)(H,33,39). The van der Waals surface area contributed by atoms with Crippen LogP contribution in [-0.2, 0) is 30.3 Å². The third kappa shape index (κ3) is 10.3. The first-order valence-corrected chi connectivity index (χ1v) is 13.5. The van der Waals surface area contributed by atoms with Crippen LogP contribution >= 0.6 is 0 Å². The van der Waals surface area contributed by atoms with Gasteiger partial charge in [0, 0.05) is 25.1 Å². The average molecular weight is 568 g/mol. The second kappa shape index (κ2) is 15.4. The number of carbonyl (C=O) groups is 4. The molecule has 2 aromatic rings. The minimum Gasteiger partial charge on any atom is -0.507 e. The summed E-state index contributed by atoms with van der Waals surface area (Å²) in [6.45, 7) is 12.3. The minimum absolute atomic E-state index is 0.0412. The lowest BCUT2D eigenvalue weighted by atomic mass is 9.98. The summed E-state index contributed by atoms with van der Waals surface area (Å²) in [6.07, 6.45) is 0.706. The van der Waals surface area contributed by atoms with Crippen LogP contribution in [0.3, 0.4) is 0 Å². The Morgan fingerprint density at radius 2 is 1.76 bits per heavy atom. The number of aryl methyl sites for hydroxylation is 1. The number of aromatic hydroxyl groups is 1. The Hall–Kier alpha value is -4.34. The Labute approximate surface area is 241 Å². The molecule has 0 aliphatic carbocycles. The number of benzene rings is 2. The van der Waals surface area contributed by atoms with Crippen LogP contribution in [0, 0.1) is 6.92 Å². The van der Waals surface area contributed by atoms with Crippen molar-refractivity contribution in [3.63, 3.8) is 0 Å². The molecule has 0 aromatic heterocycles. The molecule has 2 atom stereocenters. The maximum atomic E-state index is 14.2. The largest absolute Gasteiger partial charge is 0.507 e. The lowest BCUT2D eigenvalue weighted by molar-refractivity contribution is -0.144. The number of hydrogen-bond donors (Lipinski definition) is 3. The van der Waals surface area contributed by atoms with E-state index in [4.69, 9.17) is 9.47 Å². The quantitative estimate of drug-likeness (QED) is 0.246. The van der Waals surface area contributed by atoms with Gasteiger partial charge in [-0.2, -0.15) is 0 Å². The molecule has 2 aromatic carbocycles. The normalized spacial score (nSPS) is 12.4. The Morgan fingerprint density at radius 3 is 2.37 bits per heavy atom. The summed E-state index contributed by atoms with van der Waals surface area (Å²) < 4.78 is 10.3. The van der Waals surface area contributed by atoms with E-state index in [9.17, 15) is 24.3 Å². The van der Waals surface area contributed by atoms with Crippen LogP contribution < -0.4 is 10.6 Å². The number of amides is 3. The molecule has 0 bridgehead atoms. The summed E-state index contributed by atoms with van der Waals surface area (Å²) >= 11 is 0. The molecule has 2 rings (SSSR count). The van der Waals surface area contributed by atoms with Gasteiger partial charge in [-0.1, -0.05) is 54.6 Å². The molecule has 0 radical (unpaired) electrons. The monoisotopic (exact) mass is 567 g/mol. The molecule has 0 aliphatic rings. The van der Waals surface area contributed by atoms with Crippen molar-refractivity contribution < 1.29 is 33.8 Å². The first-order valence-electron chi connectivity index (χ1n) is 13.5. The smallest absolute Gasteiger partial charge is 0.408 e. The third-order valence-corrected chi connectivity index (χ3v) is 5.94. The maximum Gasteiger partial charge on any atom is 0.408 e. The van der Waals surface area contributed by atoms with E-state index in [0.29, 0.717) is 5.56 Å². The number of alkyl carbamates (subject to hydrolysis) is 1.